The molecule has 0 saturated carbocycles. The molecular formula is C41H43F2N7O4. The molecule has 4 aliphatic heterocycles. The van der Waals surface area contributed by atoms with E-state index in [1.54, 1.807) is 0 Å². The minimum absolute atomic E-state index is 0.0169. The van der Waals surface area contributed by atoms with E-state index in [-0.39, 0.29) is 68.9 Å². The number of fused-ring (bicyclic) bond motifs is 5. The highest BCUT2D eigenvalue weighted by Gasteiger charge is 2.46. The van der Waals surface area contributed by atoms with Gasteiger partial charge in [0.1, 0.15) is 35.2 Å². The van der Waals surface area contributed by atoms with Crippen LogP contribution in [0.4, 0.5) is 14.6 Å². The molecule has 4 aromatic rings. The lowest BCUT2D eigenvalue weighted by atomic mass is 9.95. The van der Waals surface area contributed by atoms with Gasteiger partial charge in [-0.05, 0) is 94.1 Å². The molecule has 8 rings (SSSR count). The summed E-state index contributed by atoms with van der Waals surface area (Å²) < 4.78 is 38.4. The predicted molar refractivity (Wildman–Crippen MR) is 201 cm³/mol. The maximum Gasteiger partial charge on any atom is 0.319 e. The van der Waals surface area contributed by atoms with E-state index in [9.17, 15) is 19.1 Å². The lowest BCUT2D eigenvalue weighted by Gasteiger charge is -2.42. The summed E-state index contributed by atoms with van der Waals surface area (Å²) in [6, 6.07) is 5.42. The molecule has 2 atom stereocenters. The van der Waals surface area contributed by atoms with Gasteiger partial charge in [0.2, 0.25) is 11.8 Å². The van der Waals surface area contributed by atoms with Gasteiger partial charge in [-0.3, -0.25) is 19.5 Å². The number of anilines is 1. The first-order valence-electron chi connectivity index (χ1n) is 18.8. The Labute approximate surface area is 312 Å². The Kier molecular flexibility index (Phi) is 9.56. The highest BCUT2D eigenvalue weighted by molar-refractivity contribution is 6.03. The second-order valence-electron chi connectivity index (χ2n) is 14.9. The topological polar surface area (TPSA) is 124 Å². The first kappa shape index (κ1) is 35.7. The predicted octanol–water partition coefficient (Wildman–Crippen LogP) is 5.47. The van der Waals surface area contributed by atoms with Crippen LogP contribution in [0.3, 0.4) is 0 Å². The number of terminal acetylenes is 1. The third kappa shape index (κ3) is 6.36. The highest BCUT2D eigenvalue weighted by atomic mass is 19.1. The van der Waals surface area contributed by atoms with Crippen LogP contribution in [0.15, 0.2) is 43.1 Å². The normalized spacial score (nSPS) is 20.3. The van der Waals surface area contributed by atoms with E-state index in [0.717, 1.165) is 51.6 Å². The number of hydrogen-bond donors (Lipinski definition) is 2. The number of nitrogens with one attached hydrogen (secondary N) is 1. The van der Waals surface area contributed by atoms with Gasteiger partial charge >= 0.3 is 6.01 Å². The summed E-state index contributed by atoms with van der Waals surface area (Å²) >= 11 is 0. The number of unbranched alkanes of at least 4 members (excludes halogenated alkanes) is 1. The van der Waals surface area contributed by atoms with Crippen LogP contribution < -0.4 is 15.0 Å². The number of phenols is 1. The van der Waals surface area contributed by atoms with Gasteiger partial charge in [0, 0.05) is 55.3 Å². The van der Waals surface area contributed by atoms with Crippen LogP contribution in [0.25, 0.3) is 32.9 Å². The van der Waals surface area contributed by atoms with Crippen molar-refractivity contribution in [3.05, 3.63) is 60.3 Å². The monoisotopic (exact) mass is 735 g/mol. The number of nitrogens with zero attached hydrogens (tertiary/aromatic N) is 6. The number of phenolic OH excluding ortho intramolecular Hbond substituents is 1. The Balaban J connectivity index is 1.14. The fourth-order valence-electron chi connectivity index (χ4n) is 9.22. The van der Waals surface area contributed by atoms with Crippen molar-refractivity contribution in [1.29, 1.82) is 0 Å². The van der Waals surface area contributed by atoms with Crippen LogP contribution in [0, 0.1) is 24.0 Å². The van der Waals surface area contributed by atoms with Gasteiger partial charge in [-0.25, -0.2) is 8.78 Å². The molecule has 0 spiro atoms. The molecule has 2 aromatic carbocycles. The lowest BCUT2D eigenvalue weighted by molar-refractivity contribution is -0.134. The molecule has 4 aliphatic rings. The van der Waals surface area contributed by atoms with Crippen molar-refractivity contribution in [3.8, 4) is 35.4 Å². The number of halogens is 2. The van der Waals surface area contributed by atoms with E-state index < -0.39 is 11.6 Å². The van der Waals surface area contributed by atoms with Crippen molar-refractivity contribution in [2.45, 2.75) is 75.4 Å². The van der Waals surface area contributed by atoms with E-state index in [4.69, 9.17) is 16.1 Å². The first-order valence-corrected chi connectivity index (χ1v) is 18.8. The number of hydrogen-bond acceptors (Lipinski definition) is 9. The van der Waals surface area contributed by atoms with E-state index >= 15 is 4.39 Å². The van der Waals surface area contributed by atoms with Crippen LogP contribution >= 0.6 is 0 Å². The second kappa shape index (κ2) is 14.5. The molecular weight excluding hydrogens is 692 g/mol. The number of pyridine rings is 1. The summed E-state index contributed by atoms with van der Waals surface area (Å²) in [6.45, 7) is 7.35. The average molecular weight is 736 g/mol. The summed E-state index contributed by atoms with van der Waals surface area (Å²) in [7, 11) is 0. The smallest absolute Gasteiger partial charge is 0.319 e. The minimum Gasteiger partial charge on any atom is -0.508 e. The number of piperazine rings is 1. The van der Waals surface area contributed by atoms with Crippen molar-refractivity contribution in [3.63, 3.8) is 0 Å². The number of rotatable bonds is 11. The van der Waals surface area contributed by atoms with Crippen LogP contribution in [-0.4, -0.2) is 98.6 Å². The van der Waals surface area contributed by atoms with E-state index in [1.807, 2.05) is 4.90 Å². The highest BCUT2D eigenvalue weighted by Crippen LogP contribution is 2.42. The summed E-state index contributed by atoms with van der Waals surface area (Å²) in [4.78, 5) is 45.6. The molecule has 2 bridgehead atoms. The zero-order valence-corrected chi connectivity index (χ0v) is 30.1. The largest absolute Gasteiger partial charge is 0.508 e. The van der Waals surface area contributed by atoms with E-state index in [2.05, 4.69) is 37.6 Å². The van der Waals surface area contributed by atoms with Crippen LogP contribution in [-0.2, 0) is 9.59 Å². The van der Waals surface area contributed by atoms with Gasteiger partial charge in [0.15, 0.2) is 5.82 Å². The van der Waals surface area contributed by atoms with Crippen LogP contribution in [0.1, 0.15) is 63.4 Å². The van der Waals surface area contributed by atoms with Gasteiger partial charge in [-0.15, -0.1) is 6.42 Å². The minimum atomic E-state index is -0.775. The maximum atomic E-state index is 17.1. The quantitative estimate of drug-likeness (QED) is 0.117. The molecule has 0 radical (unpaired) electrons. The molecule has 2 aromatic heterocycles. The maximum absolute atomic E-state index is 17.1. The van der Waals surface area contributed by atoms with Crippen molar-refractivity contribution in [2.75, 3.05) is 44.2 Å². The summed E-state index contributed by atoms with van der Waals surface area (Å²) in [6.07, 6.45) is 16.1. The molecule has 2 amide bonds. The number of aromatic nitrogens is 3. The fraction of sp³-hybridized carbons (Fsp3) is 0.439. The number of ether oxygens (including phenoxy) is 1. The Morgan fingerprint density at radius 2 is 1.87 bits per heavy atom. The second-order valence-corrected chi connectivity index (χ2v) is 14.9. The molecule has 2 N–H and O–H groups in total. The molecule has 13 heteroatoms. The molecule has 54 heavy (non-hydrogen) atoms. The number of carbonyl (C=O) groups excluding carboxylic acids is 2. The fourth-order valence-corrected chi connectivity index (χ4v) is 9.22. The standard InChI is InChI=1S/C41H43F2N7O4/c1-3-29-32(42)13-10-25-19-28(51)20-30(35(25)29)37-36(43)38-31(21-45-37)39(47-40(46-38)54-24-41-14-7-17-49(41)18-8-15-41)48-22-26-11-12-27(23-48)50(26)34(53)9-5-6-16-44-33(52)4-2/h1,4,10,13,19-21,26-27,51H,2,5-9,11-12,14-18,22-24H2,(H,44,52). The van der Waals surface area contributed by atoms with Gasteiger partial charge in [0.25, 0.3) is 0 Å². The van der Waals surface area contributed by atoms with Crippen molar-refractivity contribution < 1.29 is 28.2 Å². The Hall–Kier alpha value is -5.35. The molecule has 11 nitrogen and oxygen atoms in total. The van der Waals surface area contributed by atoms with Crippen molar-refractivity contribution in [2.24, 2.45) is 0 Å². The molecule has 4 fully saturated rings. The third-order valence-corrected chi connectivity index (χ3v) is 11.7. The van der Waals surface area contributed by atoms with Crippen LogP contribution in [0.2, 0.25) is 0 Å². The molecule has 4 saturated heterocycles. The SMILES string of the molecule is C#Cc1c(F)ccc2cc(O)cc(-c3ncc4c(N5CC6CCC(C5)N6C(=O)CCCCNC(=O)C=C)nc(OCC56CCCN5CCC6)nc4c3F)c12. The van der Waals surface area contributed by atoms with Crippen molar-refractivity contribution >= 4 is 39.3 Å². The lowest BCUT2D eigenvalue weighted by Crippen LogP contribution is -2.56. The third-order valence-electron chi connectivity index (χ3n) is 11.7. The number of benzene rings is 2. The molecule has 280 valence electrons. The summed E-state index contributed by atoms with van der Waals surface area (Å²) in [5, 5.41) is 14.5. The van der Waals surface area contributed by atoms with E-state index in [1.165, 1.54) is 36.5 Å². The summed E-state index contributed by atoms with van der Waals surface area (Å²) in [5.41, 5.74) is -0.178. The van der Waals surface area contributed by atoms with Gasteiger partial charge in [0.05, 0.1) is 16.5 Å². The Morgan fingerprint density at radius 1 is 1.11 bits per heavy atom. The van der Waals surface area contributed by atoms with Gasteiger partial charge < -0.3 is 25.0 Å². The zero-order valence-electron chi connectivity index (χ0n) is 30.1. The molecule has 6 heterocycles. The van der Waals surface area contributed by atoms with E-state index in [0.29, 0.717) is 62.1 Å². The Bertz CT molecular complexity index is 2180. The molecule has 0 aliphatic carbocycles. The van der Waals surface area contributed by atoms with Crippen molar-refractivity contribution in [1.82, 2.24) is 30.1 Å². The zero-order chi connectivity index (χ0) is 37.6. The summed E-state index contributed by atoms with van der Waals surface area (Å²) in [5.74, 6) is 1.14. The van der Waals surface area contributed by atoms with Gasteiger partial charge in [-0.2, -0.15) is 9.97 Å². The van der Waals surface area contributed by atoms with Gasteiger partial charge in [-0.1, -0.05) is 18.6 Å². The number of aromatic hydroxyl groups is 1. The number of carbonyl (C=O) groups is 2. The average Bonchev–Trinajstić information content (AvgIpc) is 3.84. The first-order chi connectivity index (χ1) is 26.2. The number of amides is 2. The van der Waals surface area contributed by atoms with Crippen LogP contribution in [0.5, 0.6) is 11.8 Å². The Morgan fingerprint density at radius 3 is 2.59 bits per heavy atom. The molecule has 2 unspecified atom stereocenters.